The third-order valence-corrected chi connectivity index (χ3v) is 3.91. The molecule has 0 aliphatic carbocycles. The van der Waals surface area contributed by atoms with Crippen molar-refractivity contribution in [3.8, 4) is 0 Å². The zero-order valence-corrected chi connectivity index (χ0v) is 14.8. The highest BCUT2D eigenvalue weighted by molar-refractivity contribution is 5.82. The molecule has 0 bridgehead atoms. The topological polar surface area (TPSA) is 152 Å². The number of ether oxygens (including phenoxy) is 2. The minimum Gasteiger partial charge on any atom is -0.456 e. The highest BCUT2D eigenvalue weighted by Crippen LogP contribution is 2.20. The first-order chi connectivity index (χ1) is 12.9. The van der Waals surface area contributed by atoms with Crippen molar-refractivity contribution in [2.24, 2.45) is 0 Å². The van der Waals surface area contributed by atoms with Crippen molar-refractivity contribution in [3.05, 3.63) is 22.1 Å². The van der Waals surface area contributed by atoms with E-state index in [4.69, 9.17) is 24.3 Å². The number of hydrogen-bond acceptors (Lipinski definition) is 11. The maximum Gasteiger partial charge on any atom is 0.519 e. The number of hydrogen-bond donors (Lipinski definition) is 2. The molecule has 0 saturated carbocycles. The minimum absolute atomic E-state index is 0.0484. The first kappa shape index (κ1) is 20.9. The molecule has 12 heteroatoms. The first-order valence-electron chi connectivity index (χ1n) is 8.38. The van der Waals surface area contributed by atoms with Gasteiger partial charge in [0.25, 0.3) is 0 Å². The lowest BCUT2D eigenvalue weighted by Crippen LogP contribution is -2.41. The molecule has 1 aliphatic rings. The average Bonchev–Trinajstić information content (AvgIpc) is 3.21. The number of rotatable bonds is 9. The molecule has 2 heterocycles. The summed E-state index contributed by atoms with van der Waals surface area (Å²) in [5.74, 6) is -1.15. The van der Waals surface area contributed by atoms with Crippen molar-refractivity contribution < 1.29 is 43.1 Å². The van der Waals surface area contributed by atoms with Gasteiger partial charge in [-0.3, -0.25) is 20.2 Å². The van der Waals surface area contributed by atoms with Crippen LogP contribution in [0.3, 0.4) is 0 Å². The summed E-state index contributed by atoms with van der Waals surface area (Å²) in [6, 6.07) is -0.767. The normalized spacial score (nSPS) is 16.7. The Bertz CT molecular complexity index is 682. The second kappa shape index (κ2) is 10.1. The summed E-state index contributed by atoms with van der Waals surface area (Å²) in [5.41, 5.74) is 0. The van der Waals surface area contributed by atoms with Crippen LogP contribution in [0.5, 0.6) is 0 Å². The molecule has 1 aromatic rings. The molecule has 0 radical (unpaired) electrons. The molecule has 1 amide bonds. The SMILES string of the molecule is Cc1oc(=O)oc1COC(=O)C1CCCN1C(=O)OCCCCON(O)O. The van der Waals surface area contributed by atoms with Crippen molar-refractivity contribution in [3.63, 3.8) is 0 Å². The molecule has 1 aromatic heterocycles. The fourth-order valence-corrected chi connectivity index (χ4v) is 2.56. The van der Waals surface area contributed by atoms with E-state index < -0.39 is 23.9 Å². The van der Waals surface area contributed by atoms with Crippen LogP contribution in [0, 0.1) is 6.92 Å². The molecule has 1 aliphatic heterocycles. The van der Waals surface area contributed by atoms with Crippen molar-refractivity contribution in [2.75, 3.05) is 19.8 Å². The number of nitrogens with zero attached hydrogens (tertiary/aromatic N) is 2. The summed E-state index contributed by atoms with van der Waals surface area (Å²) in [7, 11) is 0. The van der Waals surface area contributed by atoms with Crippen LogP contribution < -0.4 is 5.82 Å². The van der Waals surface area contributed by atoms with E-state index in [9.17, 15) is 14.4 Å². The molecular formula is C15H22N2O10. The molecule has 0 aromatic carbocycles. The third-order valence-electron chi connectivity index (χ3n) is 3.91. The van der Waals surface area contributed by atoms with Gasteiger partial charge in [-0.05, 0) is 32.6 Å². The lowest BCUT2D eigenvalue weighted by Gasteiger charge is -2.22. The van der Waals surface area contributed by atoms with Crippen molar-refractivity contribution >= 4 is 12.1 Å². The lowest BCUT2D eigenvalue weighted by atomic mass is 10.2. The highest BCUT2D eigenvalue weighted by atomic mass is 17.1. The molecule has 1 unspecified atom stereocenters. The number of amides is 1. The molecule has 1 atom stereocenters. The number of aryl methyl sites for hydroxylation is 1. The Labute approximate surface area is 153 Å². The standard InChI is InChI=1S/C15H22N2O10/c1-10-12(27-15(20)26-10)9-24-13(18)11-5-4-6-16(11)14(19)23-7-2-3-8-25-17(21)22/h11,21-22H,2-9H2,1H3. The van der Waals surface area contributed by atoms with E-state index in [1.807, 2.05) is 0 Å². The smallest absolute Gasteiger partial charge is 0.456 e. The van der Waals surface area contributed by atoms with E-state index in [1.54, 1.807) is 0 Å². The quantitative estimate of drug-likeness (QED) is 0.352. The fourth-order valence-electron chi connectivity index (χ4n) is 2.56. The summed E-state index contributed by atoms with van der Waals surface area (Å²) < 4.78 is 19.7. The summed E-state index contributed by atoms with van der Waals surface area (Å²) in [5, 5.41) is 16.3. The van der Waals surface area contributed by atoms with Gasteiger partial charge in [-0.25, -0.2) is 14.4 Å². The number of esters is 1. The van der Waals surface area contributed by atoms with Gasteiger partial charge in [-0.15, -0.1) is 0 Å². The van der Waals surface area contributed by atoms with E-state index in [-0.39, 0.29) is 36.7 Å². The van der Waals surface area contributed by atoms with E-state index in [2.05, 4.69) is 9.25 Å². The number of unbranched alkanes of at least 4 members (excludes halogenated alkanes) is 1. The lowest BCUT2D eigenvalue weighted by molar-refractivity contribution is -0.492. The monoisotopic (exact) mass is 390 g/mol. The summed E-state index contributed by atoms with van der Waals surface area (Å²) >= 11 is 0. The van der Waals surface area contributed by atoms with Crippen molar-refractivity contribution in [1.29, 1.82) is 0 Å². The van der Waals surface area contributed by atoms with Gasteiger partial charge in [-0.2, -0.15) is 0 Å². The van der Waals surface area contributed by atoms with E-state index in [0.717, 1.165) is 0 Å². The second-order valence-corrected chi connectivity index (χ2v) is 5.80. The van der Waals surface area contributed by atoms with Gasteiger partial charge in [0.05, 0.1) is 18.6 Å². The molecule has 1 fully saturated rings. The average molecular weight is 390 g/mol. The second-order valence-electron chi connectivity index (χ2n) is 5.80. The van der Waals surface area contributed by atoms with Crippen LogP contribution in [0.15, 0.2) is 13.6 Å². The number of carbonyl (C=O) groups is 2. The Kier molecular flexibility index (Phi) is 7.79. The summed E-state index contributed by atoms with van der Waals surface area (Å²) in [6.07, 6.45) is 1.32. The Hall–Kier alpha value is -2.41. The molecule has 27 heavy (non-hydrogen) atoms. The van der Waals surface area contributed by atoms with E-state index in [1.165, 1.54) is 11.8 Å². The maximum atomic E-state index is 12.2. The Balaban J connectivity index is 1.74. The zero-order valence-electron chi connectivity index (χ0n) is 14.8. The van der Waals surface area contributed by atoms with Crippen LogP contribution in [0.2, 0.25) is 0 Å². The van der Waals surface area contributed by atoms with Crippen molar-refractivity contribution in [1.82, 2.24) is 10.3 Å². The molecule has 1 saturated heterocycles. The molecule has 2 rings (SSSR count). The zero-order chi connectivity index (χ0) is 19.8. The van der Waals surface area contributed by atoms with Gasteiger partial charge >= 0.3 is 17.9 Å². The number of carbonyl (C=O) groups excluding carboxylic acids is 2. The van der Waals surface area contributed by atoms with Gasteiger partial charge < -0.3 is 18.3 Å². The Morgan fingerprint density at radius 1 is 1.22 bits per heavy atom. The van der Waals surface area contributed by atoms with E-state index >= 15 is 0 Å². The Morgan fingerprint density at radius 3 is 2.63 bits per heavy atom. The number of likely N-dealkylation sites (tertiary alicyclic amines) is 1. The van der Waals surface area contributed by atoms with Crippen LogP contribution in [-0.4, -0.2) is 58.6 Å². The predicted octanol–water partition coefficient (Wildman–Crippen LogP) is 0.978. The largest absolute Gasteiger partial charge is 0.519 e. The first-order valence-corrected chi connectivity index (χ1v) is 8.38. The molecule has 152 valence electrons. The van der Waals surface area contributed by atoms with Crippen LogP contribution in [0.4, 0.5) is 4.79 Å². The maximum absolute atomic E-state index is 12.2. The van der Waals surface area contributed by atoms with Crippen molar-refractivity contribution in [2.45, 2.75) is 45.3 Å². The fraction of sp³-hybridized carbons (Fsp3) is 0.667. The van der Waals surface area contributed by atoms with E-state index in [0.29, 0.717) is 32.2 Å². The molecule has 12 nitrogen and oxygen atoms in total. The molecule has 2 N–H and O–H groups in total. The summed E-state index contributed by atoms with van der Waals surface area (Å²) in [6.45, 7) is 1.76. The third kappa shape index (κ3) is 6.36. The predicted molar refractivity (Wildman–Crippen MR) is 83.5 cm³/mol. The van der Waals surface area contributed by atoms with Gasteiger partial charge in [0.15, 0.2) is 18.1 Å². The Morgan fingerprint density at radius 2 is 1.96 bits per heavy atom. The van der Waals surface area contributed by atoms with Gasteiger partial charge in [-0.1, -0.05) is 0 Å². The van der Waals surface area contributed by atoms with Crippen LogP contribution >= 0.6 is 0 Å². The van der Waals surface area contributed by atoms with Gasteiger partial charge in [0.2, 0.25) is 0 Å². The summed E-state index contributed by atoms with van der Waals surface area (Å²) in [4.78, 5) is 41.0. The molecular weight excluding hydrogens is 368 g/mol. The minimum atomic E-state index is -0.874. The van der Waals surface area contributed by atoms with Gasteiger partial charge in [0, 0.05) is 6.54 Å². The van der Waals surface area contributed by atoms with Crippen LogP contribution in [-0.2, 0) is 25.7 Å². The molecule has 0 spiro atoms. The van der Waals surface area contributed by atoms with Gasteiger partial charge in [0.1, 0.15) is 6.04 Å². The van der Waals surface area contributed by atoms with Crippen LogP contribution in [0.1, 0.15) is 37.2 Å². The van der Waals surface area contributed by atoms with Crippen LogP contribution in [0.25, 0.3) is 0 Å². The highest BCUT2D eigenvalue weighted by Gasteiger charge is 2.36.